The molecule has 0 aromatic carbocycles. The molecule has 0 unspecified atom stereocenters. The zero-order chi connectivity index (χ0) is 9.26. The standard InChI is InChI=1S/C8H11ClN4/c9-6-4-7(13-8(10)12-6)11-5-2-1-3-5/h4-5H,1-3H2,(H3,10,11,12,13). The molecule has 1 fully saturated rings. The molecule has 0 bridgehead atoms. The van der Waals surface area contributed by atoms with Gasteiger partial charge in [-0.3, -0.25) is 0 Å². The van der Waals surface area contributed by atoms with Gasteiger partial charge in [0.2, 0.25) is 5.95 Å². The lowest BCUT2D eigenvalue weighted by molar-refractivity contribution is 0.444. The topological polar surface area (TPSA) is 63.8 Å². The van der Waals surface area contributed by atoms with Crippen molar-refractivity contribution in [3.8, 4) is 0 Å². The lowest BCUT2D eigenvalue weighted by Gasteiger charge is -2.26. The van der Waals surface area contributed by atoms with E-state index >= 15 is 0 Å². The number of nitrogens with zero attached hydrogens (tertiary/aromatic N) is 2. The number of anilines is 2. The summed E-state index contributed by atoms with van der Waals surface area (Å²) in [4.78, 5) is 7.80. The zero-order valence-electron chi connectivity index (χ0n) is 7.13. The molecule has 70 valence electrons. The molecular weight excluding hydrogens is 188 g/mol. The highest BCUT2D eigenvalue weighted by Crippen LogP contribution is 2.23. The van der Waals surface area contributed by atoms with E-state index in [0.717, 1.165) is 5.82 Å². The third-order valence-electron chi connectivity index (χ3n) is 2.17. The third kappa shape index (κ3) is 2.01. The largest absolute Gasteiger partial charge is 0.368 e. The molecule has 5 heteroatoms. The minimum absolute atomic E-state index is 0.217. The fourth-order valence-corrected chi connectivity index (χ4v) is 1.46. The molecule has 13 heavy (non-hydrogen) atoms. The van der Waals surface area contributed by atoms with E-state index < -0.39 is 0 Å². The molecular formula is C8H11ClN4. The van der Waals surface area contributed by atoms with Crippen molar-refractivity contribution in [1.29, 1.82) is 0 Å². The average Bonchev–Trinajstić information content (AvgIpc) is 1.95. The normalized spacial score (nSPS) is 16.7. The molecule has 0 radical (unpaired) electrons. The molecule has 0 amide bonds. The van der Waals surface area contributed by atoms with Gasteiger partial charge in [0.05, 0.1) is 0 Å². The van der Waals surface area contributed by atoms with Gasteiger partial charge in [0, 0.05) is 12.1 Å². The van der Waals surface area contributed by atoms with Crippen molar-refractivity contribution in [2.75, 3.05) is 11.1 Å². The average molecular weight is 199 g/mol. The molecule has 3 N–H and O–H groups in total. The lowest BCUT2D eigenvalue weighted by atomic mass is 9.93. The Kier molecular flexibility index (Phi) is 2.22. The van der Waals surface area contributed by atoms with Gasteiger partial charge in [-0.2, -0.15) is 4.98 Å². The number of hydrogen-bond acceptors (Lipinski definition) is 4. The molecule has 0 spiro atoms. The van der Waals surface area contributed by atoms with Crippen LogP contribution in [-0.2, 0) is 0 Å². The number of nitrogen functional groups attached to an aromatic ring is 1. The molecule has 1 aliphatic rings. The van der Waals surface area contributed by atoms with Crippen molar-refractivity contribution in [3.05, 3.63) is 11.2 Å². The van der Waals surface area contributed by atoms with Crippen molar-refractivity contribution in [2.24, 2.45) is 0 Å². The molecule has 1 heterocycles. The monoisotopic (exact) mass is 198 g/mol. The highest BCUT2D eigenvalue weighted by atomic mass is 35.5. The third-order valence-corrected chi connectivity index (χ3v) is 2.36. The smallest absolute Gasteiger partial charge is 0.223 e. The van der Waals surface area contributed by atoms with Gasteiger partial charge in [0.1, 0.15) is 11.0 Å². The molecule has 1 saturated carbocycles. The first-order valence-electron chi connectivity index (χ1n) is 4.30. The van der Waals surface area contributed by atoms with Crippen LogP contribution in [0.1, 0.15) is 19.3 Å². The number of hydrogen-bond donors (Lipinski definition) is 2. The Hall–Kier alpha value is -1.03. The van der Waals surface area contributed by atoms with E-state index in [1.165, 1.54) is 19.3 Å². The van der Waals surface area contributed by atoms with Crippen molar-refractivity contribution in [3.63, 3.8) is 0 Å². The van der Waals surface area contributed by atoms with E-state index in [4.69, 9.17) is 17.3 Å². The number of aromatic nitrogens is 2. The summed E-state index contributed by atoms with van der Waals surface area (Å²) in [6.07, 6.45) is 3.68. The Morgan fingerprint density at radius 1 is 1.46 bits per heavy atom. The van der Waals surface area contributed by atoms with Crippen LogP contribution >= 0.6 is 11.6 Å². The predicted octanol–water partition coefficient (Wildman–Crippen LogP) is 1.68. The number of nitrogens with one attached hydrogen (secondary N) is 1. The minimum Gasteiger partial charge on any atom is -0.368 e. The summed E-state index contributed by atoms with van der Waals surface area (Å²) >= 11 is 5.72. The van der Waals surface area contributed by atoms with Crippen molar-refractivity contribution in [2.45, 2.75) is 25.3 Å². The Bertz CT molecular complexity index is 291. The van der Waals surface area contributed by atoms with Gasteiger partial charge < -0.3 is 11.1 Å². The van der Waals surface area contributed by atoms with Crippen LogP contribution in [0.4, 0.5) is 11.8 Å². The van der Waals surface area contributed by atoms with Crippen LogP contribution in [0, 0.1) is 0 Å². The van der Waals surface area contributed by atoms with E-state index in [2.05, 4.69) is 15.3 Å². The lowest BCUT2D eigenvalue weighted by Crippen LogP contribution is -2.27. The van der Waals surface area contributed by atoms with Crippen LogP contribution in [-0.4, -0.2) is 16.0 Å². The van der Waals surface area contributed by atoms with Gasteiger partial charge >= 0.3 is 0 Å². The summed E-state index contributed by atoms with van der Waals surface area (Å²) < 4.78 is 0. The van der Waals surface area contributed by atoms with Crippen LogP contribution < -0.4 is 11.1 Å². The van der Waals surface area contributed by atoms with Gasteiger partial charge in [0.15, 0.2) is 0 Å². The van der Waals surface area contributed by atoms with E-state index in [1.807, 2.05) is 0 Å². The van der Waals surface area contributed by atoms with Crippen molar-refractivity contribution in [1.82, 2.24) is 9.97 Å². The van der Waals surface area contributed by atoms with Gasteiger partial charge in [-0.15, -0.1) is 0 Å². The zero-order valence-corrected chi connectivity index (χ0v) is 7.88. The number of nitrogens with two attached hydrogens (primary N) is 1. The van der Waals surface area contributed by atoms with Crippen LogP contribution in [0.5, 0.6) is 0 Å². The SMILES string of the molecule is Nc1nc(Cl)cc(NC2CCC2)n1. The van der Waals surface area contributed by atoms with E-state index in [9.17, 15) is 0 Å². The summed E-state index contributed by atoms with van der Waals surface area (Å²) in [5.41, 5.74) is 5.45. The Morgan fingerprint density at radius 2 is 2.23 bits per heavy atom. The molecule has 0 saturated heterocycles. The van der Waals surface area contributed by atoms with Gasteiger partial charge in [-0.1, -0.05) is 11.6 Å². The summed E-state index contributed by atoms with van der Waals surface area (Å²) in [6.45, 7) is 0. The molecule has 2 rings (SSSR count). The van der Waals surface area contributed by atoms with Crippen LogP contribution in [0.2, 0.25) is 5.15 Å². The van der Waals surface area contributed by atoms with Crippen molar-refractivity contribution < 1.29 is 0 Å². The molecule has 1 aromatic heterocycles. The Labute approximate surface area is 81.5 Å². The Balaban J connectivity index is 2.10. The summed E-state index contributed by atoms with van der Waals surface area (Å²) in [6, 6.07) is 2.22. The molecule has 4 nitrogen and oxygen atoms in total. The highest BCUT2D eigenvalue weighted by Gasteiger charge is 2.17. The van der Waals surface area contributed by atoms with Crippen LogP contribution in [0.25, 0.3) is 0 Å². The van der Waals surface area contributed by atoms with Crippen molar-refractivity contribution >= 4 is 23.4 Å². The fourth-order valence-electron chi connectivity index (χ4n) is 1.27. The second-order valence-electron chi connectivity index (χ2n) is 3.21. The van der Waals surface area contributed by atoms with Gasteiger partial charge in [0.25, 0.3) is 0 Å². The van der Waals surface area contributed by atoms with E-state index in [0.29, 0.717) is 11.2 Å². The van der Waals surface area contributed by atoms with Gasteiger partial charge in [-0.05, 0) is 19.3 Å². The number of rotatable bonds is 2. The maximum atomic E-state index is 5.72. The Morgan fingerprint density at radius 3 is 2.77 bits per heavy atom. The number of halogens is 1. The second kappa shape index (κ2) is 3.38. The predicted molar refractivity (Wildman–Crippen MR) is 52.7 cm³/mol. The summed E-state index contributed by atoms with van der Waals surface area (Å²) in [5, 5.41) is 3.63. The molecule has 0 aliphatic heterocycles. The highest BCUT2D eigenvalue weighted by molar-refractivity contribution is 6.29. The quantitative estimate of drug-likeness (QED) is 0.710. The van der Waals surface area contributed by atoms with Gasteiger partial charge in [-0.25, -0.2) is 4.98 Å². The first-order chi connectivity index (χ1) is 6.24. The second-order valence-corrected chi connectivity index (χ2v) is 3.59. The summed E-state index contributed by atoms with van der Waals surface area (Å²) in [5.74, 6) is 0.941. The first kappa shape index (κ1) is 8.56. The molecule has 1 aromatic rings. The maximum absolute atomic E-state index is 5.72. The molecule has 1 aliphatic carbocycles. The first-order valence-corrected chi connectivity index (χ1v) is 4.68. The minimum atomic E-state index is 0.217. The van der Waals surface area contributed by atoms with Crippen LogP contribution in [0.15, 0.2) is 6.07 Å². The van der Waals surface area contributed by atoms with E-state index in [1.54, 1.807) is 6.07 Å². The molecule has 0 atom stereocenters. The fraction of sp³-hybridized carbons (Fsp3) is 0.500. The van der Waals surface area contributed by atoms with Crippen LogP contribution in [0.3, 0.4) is 0 Å². The summed E-state index contributed by atoms with van der Waals surface area (Å²) in [7, 11) is 0. The van der Waals surface area contributed by atoms with E-state index in [-0.39, 0.29) is 5.95 Å². The maximum Gasteiger partial charge on any atom is 0.223 e.